The van der Waals surface area contributed by atoms with Crippen molar-refractivity contribution in [3.8, 4) is 5.75 Å². The van der Waals surface area contributed by atoms with Crippen LogP contribution < -0.4 is 5.73 Å². The fourth-order valence-electron chi connectivity index (χ4n) is 4.47. The van der Waals surface area contributed by atoms with Gasteiger partial charge in [0.05, 0.1) is 0 Å². The summed E-state index contributed by atoms with van der Waals surface area (Å²) < 4.78 is 0. The number of piperidine rings is 1. The Morgan fingerprint density at radius 1 is 1.00 bits per heavy atom. The molecule has 168 valence electrons. The topological polar surface area (TPSA) is 66.6 Å². The van der Waals surface area contributed by atoms with Crippen LogP contribution in [0.2, 0.25) is 0 Å². The second-order valence-corrected chi connectivity index (χ2v) is 8.45. The van der Waals surface area contributed by atoms with Crippen LogP contribution in [0.15, 0.2) is 72.8 Å². The van der Waals surface area contributed by atoms with Gasteiger partial charge in [0.1, 0.15) is 5.75 Å². The number of rotatable bonds is 5. The molecule has 3 aromatic rings. The van der Waals surface area contributed by atoms with E-state index in [0.29, 0.717) is 12.5 Å². The van der Waals surface area contributed by atoms with Crippen molar-refractivity contribution in [3.63, 3.8) is 0 Å². The van der Waals surface area contributed by atoms with Crippen LogP contribution in [0, 0.1) is 0 Å². The number of benzene rings is 3. The number of hydrogen-bond acceptors (Lipinski definition) is 3. The Morgan fingerprint density at radius 2 is 1.69 bits per heavy atom. The van der Waals surface area contributed by atoms with Gasteiger partial charge in [-0.05, 0) is 65.3 Å². The monoisotopic (exact) mass is 450 g/mol. The highest BCUT2D eigenvalue weighted by Crippen LogP contribution is 2.30. The molecule has 1 fully saturated rings. The number of phenolic OH excluding ortho intramolecular Hbond substituents is 1. The first-order valence-corrected chi connectivity index (χ1v) is 11.0. The second kappa shape index (κ2) is 10.7. The molecule has 1 aliphatic rings. The molecule has 1 aliphatic heterocycles. The SMILES string of the molecule is CC(c1ccc(O)cc1)c1cccc(C(=O)N2CCC(c3cccc(CN)c3)CC2)c1.Cl. The molecule has 0 saturated carbocycles. The van der Waals surface area contributed by atoms with Gasteiger partial charge in [-0.25, -0.2) is 0 Å². The fourth-order valence-corrected chi connectivity index (χ4v) is 4.47. The van der Waals surface area contributed by atoms with Crippen molar-refractivity contribution in [2.45, 2.75) is 38.1 Å². The molecular weight excluding hydrogens is 420 g/mol. The lowest BCUT2D eigenvalue weighted by atomic mass is 9.88. The van der Waals surface area contributed by atoms with Crippen LogP contribution in [0.5, 0.6) is 5.75 Å². The molecule has 1 amide bonds. The summed E-state index contributed by atoms with van der Waals surface area (Å²) in [6, 6.07) is 23.7. The van der Waals surface area contributed by atoms with Gasteiger partial charge >= 0.3 is 0 Å². The highest BCUT2D eigenvalue weighted by Gasteiger charge is 2.25. The summed E-state index contributed by atoms with van der Waals surface area (Å²) in [7, 11) is 0. The maximum Gasteiger partial charge on any atom is 0.253 e. The van der Waals surface area contributed by atoms with Crippen LogP contribution >= 0.6 is 12.4 Å². The van der Waals surface area contributed by atoms with Crippen molar-refractivity contribution >= 4 is 18.3 Å². The quantitative estimate of drug-likeness (QED) is 0.543. The van der Waals surface area contributed by atoms with Gasteiger partial charge in [0.25, 0.3) is 5.91 Å². The first-order chi connectivity index (χ1) is 15.0. The van der Waals surface area contributed by atoms with E-state index in [9.17, 15) is 9.90 Å². The lowest BCUT2D eigenvalue weighted by molar-refractivity contribution is 0.0713. The van der Waals surface area contributed by atoms with Crippen molar-refractivity contribution in [2.75, 3.05) is 13.1 Å². The summed E-state index contributed by atoms with van der Waals surface area (Å²) >= 11 is 0. The zero-order valence-corrected chi connectivity index (χ0v) is 19.2. The van der Waals surface area contributed by atoms with Crippen molar-refractivity contribution in [1.82, 2.24) is 4.90 Å². The molecule has 1 heterocycles. The maximum absolute atomic E-state index is 13.2. The number of halogens is 1. The van der Waals surface area contributed by atoms with Gasteiger partial charge in [-0.1, -0.05) is 55.5 Å². The Hall–Kier alpha value is -2.82. The Morgan fingerprint density at radius 3 is 2.38 bits per heavy atom. The van der Waals surface area contributed by atoms with Crippen LogP contribution in [0.1, 0.15) is 64.2 Å². The number of amides is 1. The van der Waals surface area contributed by atoms with Crippen LogP contribution in [-0.2, 0) is 6.54 Å². The summed E-state index contributed by atoms with van der Waals surface area (Å²) in [5.41, 5.74) is 11.2. The molecule has 1 saturated heterocycles. The molecule has 1 unspecified atom stereocenters. The molecule has 0 aliphatic carbocycles. The predicted molar refractivity (Wildman–Crippen MR) is 132 cm³/mol. The summed E-state index contributed by atoms with van der Waals surface area (Å²) in [5.74, 6) is 0.997. The van der Waals surface area contributed by atoms with Gasteiger partial charge in [0, 0.05) is 31.1 Å². The van der Waals surface area contributed by atoms with Crippen LogP contribution in [-0.4, -0.2) is 29.0 Å². The summed E-state index contributed by atoms with van der Waals surface area (Å²) in [6.07, 6.45) is 1.95. The van der Waals surface area contributed by atoms with Gasteiger partial charge in [-0.15, -0.1) is 12.4 Å². The van der Waals surface area contributed by atoms with E-state index >= 15 is 0 Å². The summed E-state index contributed by atoms with van der Waals surface area (Å²) in [6.45, 7) is 4.23. The van der Waals surface area contributed by atoms with Crippen molar-refractivity contribution in [2.24, 2.45) is 5.73 Å². The van der Waals surface area contributed by atoms with E-state index in [0.717, 1.165) is 48.2 Å². The van der Waals surface area contributed by atoms with Gasteiger partial charge in [0.15, 0.2) is 0 Å². The summed E-state index contributed by atoms with van der Waals surface area (Å²) in [4.78, 5) is 15.2. The van der Waals surface area contributed by atoms with Crippen LogP contribution in [0.3, 0.4) is 0 Å². The largest absolute Gasteiger partial charge is 0.508 e. The number of aromatic hydroxyl groups is 1. The fraction of sp³-hybridized carbons (Fsp3) is 0.296. The highest BCUT2D eigenvalue weighted by molar-refractivity contribution is 5.94. The molecule has 5 heteroatoms. The normalized spacial score (nSPS) is 15.1. The molecule has 4 rings (SSSR count). The zero-order chi connectivity index (χ0) is 21.8. The Kier molecular flexibility index (Phi) is 7.94. The van der Waals surface area contributed by atoms with Crippen LogP contribution in [0.25, 0.3) is 0 Å². The van der Waals surface area contributed by atoms with E-state index in [2.05, 4.69) is 37.3 Å². The number of carbonyl (C=O) groups excluding carboxylic acids is 1. The zero-order valence-electron chi connectivity index (χ0n) is 18.4. The standard InChI is InChI=1S/C27H30N2O2.ClH/c1-19(21-8-10-26(30)11-9-21)23-5-3-7-25(17-23)27(31)29-14-12-22(13-15-29)24-6-2-4-20(16-24)18-28;/h2-11,16-17,19,22,30H,12-15,18,28H2,1H3;1H. The molecule has 4 nitrogen and oxygen atoms in total. The Labute approximate surface area is 196 Å². The number of carbonyl (C=O) groups is 1. The van der Waals surface area contributed by atoms with Crippen molar-refractivity contribution in [1.29, 1.82) is 0 Å². The number of nitrogens with zero attached hydrogens (tertiary/aromatic N) is 1. The number of phenols is 1. The minimum atomic E-state index is 0. The highest BCUT2D eigenvalue weighted by atomic mass is 35.5. The molecule has 0 radical (unpaired) electrons. The van der Waals surface area contributed by atoms with E-state index in [1.807, 2.05) is 35.2 Å². The Balaban J connectivity index is 0.00000289. The number of likely N-dealkylation sites (tertiary alicyclic amines) is 1. The summed E-state index contributed by atoms with van der Waals surface area (Å²) in [5, 5.41) is 9.53. The van der Waals surface area contributed by atoms with E-state index < -0.39 is 0 Å². The van der Waals surface area contributed by atoms with Gasteiger partial charge in [0.2, 0.25) is 0 Å². The molecule has 3 N–H and O–H groups in total. The molecule has 0 spiro atoms. The first kappa shape index (κ1) is 23.8. The number of hydrogen-bond donors (Lipinski definition) is 2. The molecule has 3 aromatic carbocycles. The maximum atomic E-state index is 13.2. The lowest BCUT2D eigenvalue weighted by Crippen LogP contribution is -2.38. The number of nitrogens with two attached hydrogens (primary N) is 1. The van der Waals surface area contributed by atoms with E-state index in [4.69, 9.17) is 5.73 Å². The van der Waals surface area contributed by atoms with E-state index in [1.165, 1.54) is 5.56 Å². The molecule has 1 atom stereocenters. The Bertz CT molecular complexity index is 1040. The van der Waals surface area contributed by atoms with E-state index in [-0.39, 0.29) is 30.0 Å². The molecular formula is C27H31ClN2O2. The molecule has 0 bridgehead atoms. The van der Waals surface area contributed by atoms with Gasteiger partial charge in [-0.3, -0.25) is 4.79 Å². The van der Waals surface area contributed by atoms with E-state index in [1.54, 1.807) is 12.1 Å². The van der Waals surface area contributed by atoms with Gasteiger partial charge < -0.3 is 15.7 Å². The van der Waals surface area contributed by atoms with Crippen LogP contribution in [0.4, 0.5) is 0 Å². The van der Waals surface area contributed by atoms with Crippen molar-refractivity contribution < 1.29 is 9.90 Å². The molecule has 32 heavy (non-hydrogen) atoms. The third kappa shape index (κ3) is 5.32. The third-order valence-electron chi connectivity index (χ3n) is 6.47. The van der Waals surface area contributed by atoms with Crippen molar-refractivity contribution in [3.05, 3.63) is 101 Å². The lowest BCUT2D eigenvalue weighted by Gasteiger charge is -2.32. The second-order valence-electron chi connectivity index (χ2n) is 8.45. The smallest absolute Gasteiger partial charge is 0.253 e. The minimum absolute atomic E-state index is 0. The first-order valence-electron chi connectivity index (χ1n) is 11.0. The van der Waals surface area contributed by atoms with Gasteiger partial charge in [-0.2, -0.15) is 0 Å². The average Bonchev–Trinajstić information content (AvgIpc) is 2.84. The predicted octanol–water partition coefficient (Wildman–Crippen LogP) is 5.44. The minimum Gasteiger partial charge on any atom is -0.508 e. The molecule has 0 aromatic heterocycles. The third-order valence-corrected chi connectivity index (χ3v) is 6.47. The average molecular weight is 451 g/mol.